The number of amides is 2. The van der Waals surface area contributed by atoms with Crippen LogP contribution in [0.3, 0.4) is 0 Å². The van der Waals surface area contributed by atoms with E-state index in [-0.39, 0.29) is 24.6 Å². The minimum atomic E-state index is -0.266. The van der Waals surface area contributed by atoms with Crippen molar-refractivity contribution in [3.8, 4) is 0 Å². The number of rotatable bonds is 5. The van der Waals surface area contributed by atoms with Gasteiger partial charge in [-0.25, -0.2) is 9.78 Å². The molecule has 0 aromatic carbocycles. The number of nitrogens with zero attached hydrogens (tertiary/aromatic N) is 1. The third-order valence-corrected chi connectivity index (χ3v) is 2.97. The van der Waals surface area contributed by atoms with Crippen molar-refractivity contribution in [1.29, 1.82) is 0 Å². The van der Waals surface area contributed by atoms with Gasteiger partial charge in [0.15, 0.2) is 0 Å². The Balaban J connectivity index is 2.35. The summed E-state index contributed by atoms with van der Waals surface area (Å²) in [6.45, 7) is 4.15. The van der Waals surface area contributed by atoms with Crippen molar-refractivity contribution in [2.45, 2.75) is 26.4 Å². The lowest BCUT2D eigenvalue weighted by atomic mass is 10.1. The first-order valence-electron chi connectivity index (χ1n) is 5.78. The number of halogens is 1. The Bertz CT molecular complexity index is 383. The van der Waals surface area contributed by atoms with Gasteiger partial charge >= 0.3 is 6.03 Å². The lowest BCUT2D eigenvalue weighted by Crippen LogP contribution is -2.43. The zero-order valence-electron chi connectivity index (χ0n) is 10.5. The monoisotopic (exact) mass is 271 g/mol. The van der Waals surface area contributed by atoms with Crippen molar-refractivity contribution >= 4 is 17.6 Å². The first-order chi connectivity index (χ1) is 8.52. The average Bonchev–Trinajstić information content (AvgIpc) is 2.37. The van der Waals surface area contributed by atoms with Crippen LogP contribution in [0.15, 0.2) is 18.3 Å². The molecule has 1 heterocycles. The molecule has 3 N–H and O–H groups in total. The molecule has 0 radical (unpaired) electrons. The van der Waals surface area contributed by atoms with Crippen molar-refractivity contribution in [3.05, 3.63) is 29.0 Å². The fourth-order valence-corrected chi connectivity index (χ4v) is 1.36. The van der Waals surface area contributed by atoms with Crippen LogP contribution in [0, 0.1) is 5.92 Å². The summed E-state index contributed by atoms with van der Waals surface area (Å²) in [5.74, 6) is 0.0212. The number of aliphatic hydroxyl groups is 1. The molecule has 1 rings (SSSR count). The molecule has 0 spiro atoms. The van der Waals surface area contributed by atoms with E-state index in [2.05, 4.69) is 15.6 Å². The number of hydrogen-bond acceptors (Lipinski definition) is 3. The summed E-state index contributed by atoms with van der Waals surface area (Å²) >= 11 is 5.66. The molecule has 0 saturated carbocycles. The number of aromatic nitrogens is 1. The van der Waals surface area contributed by atoms with E-state index in [1.165, 1.54) is 0 Å². The fraction of sp³-hybridized carbons (Fsp3) is 0.500. The average molecular weight is 272 g/mol. The molecule has 6 heteroatoms. The lowest BCUT2D eigenvalue weighted by molar-refractivity contribution is 0.200. The maximum Gasteiger partial charge on any atom is 0.315 e. The van der Waals surface area contributed by atoms with Gasteiger partial charge in [0.2, 0.25) is 0 Å². The van der Waals surface area contributed by atoms with Crippen LogP contribution in [0.4, 0.5) is 4.79 Å². The van der Waals surface area contributed by atoms with Crippen LogP contribution in [0.25, 0.3) is 0 Å². The van der Waals surface area contributed by atoms with Gasteiger partial charge in [0.05, 0.1) is 0 Å². The van der Waals surface area contributed by atoms with E-state index in [9.17, 15) is 4.79 Å². The highest BCUT2D eigenvalue weighted by Crippen LogP contribution is 2.05. The van der Waals surface area contributed by atoms with Gasteiger partial charge in [-0.05, 0) is 24.5 Å². The molecule has 0 aliphatic heterocycles. The number of nitrogens with one attached hydrogen (secondary N) is 2. The number of aliphatic hydroxyl groups excluding tert-OH is 1. The zero-order chi connectivity index (χ0) is 13.5. The number of carbonyl (C=O) groups is 1. The van der Waals surface area contributed by atoms with E-state index in [1.807, 2.05) is 13.8 Å². The Morgan fingerprint density at radius 2 is 2.22 bits per heavy atom. The highest BCUT2D eigenvalue weighted by molar-refractivity contribution is 6.29. The second kappa shape index (κ2) is 7.18. The lowest BCUT2D eigenvalue weighted by Gasteiger charge is -2.19. The van der Waals surface area contributed by atoms with Crippen LogP contribution in [-0.2, 0) is 6.54 Å². The van der Waals surface area contributed by atoms with Crippen LogP contribution < -0.4 is 10.6 Å². The topological polar surface area (TPSA) is 74.2 Å². The van der Waals surface area contributed by atoms with E-state index in [1.54, 1.807) is 18.3 Å². The fourth-order valence-electron chi connectivity index (χ4n) is 1.25. The molecule has 0 aliphatic rings. The van der Waals surface area contributed by atoms with Crippen LogP contribution in [0.5, 0.6) is 0 Å². The molecule has 0 aliphatic carbocycles. The normalized spacial score (nSPS) is 13.8. The predicted molar refractivity (Wildman–Crippen MR) is 70.3 cm³/mol. The van der Waals surface area contributed by atoms with Crippen LogP contribution in [0.2, 0.25) is 5.15 Å². The zero-order valence-corrected chi connectivity index (χ0v) is 11.2. The van der Waals surface area contributed by atoms with Crippen molar-refractivity contribution in [2.75, 3.05) is 6.61 Å². The third-order valence-electron chi connectivity index (χ3n) is 2.74. The molecule has 100 valence electrons. The van der Waals surface area contributed by atoms with Gasteiger partial charge in [-0.2, -0.15) is 0 Å². The summed E-state index contributed by atoms with van der Waals surface area (Å²) in [5.41, 5.74) is 0.873. The first-order valence-corrected chi connectivity index (χ1v) is 6.16. The summed E-state index contributed by atoms with van der Waals surface area (Å²) < 4.78 is 0. The second-order valence-electron chi connectivity index (χ2n) is 4.26. The third kappa shape index (κ3) is 4.89. The Labute approximate surface area is 112 Å². The Morgan fingerprint density at radius 3 is 2.78 bits per heavy atom. The maximum atomic E-state index is 11.6. The molecule has 2 atom stereocenters. The Kier molecular flexibility index (Phi) is 5.88. The standard InChI is InChI=1S/C12H18ClN3O2/c1-8(7-17)9(2)16-12(18)15-6-10-3-4-11(13)14-5-10/h3-5,8-9,17H,6-7H2,1-2H3,(H2,15,16,18). The van der Waals surface area contributed by atoms with Gasteiger partial charge < -0.3 is 15.7 Å². The SMILES string of the molecule is CC(CO)C(C)NC(=O)NCc1ccc(Cl)nc1. The van der Waals surface area contributed by atoms with Gasteiger partial charge in [0.1, 0.15) is 5.15 Å². The summed E-state index contributed by atoms with van der Waals surface area (Å²) in [7, 11) is 0. The van der Waals surface area contributed by atoms with Crippen molar-refractivity contribution in [1.82, 2.24) is 15.6 Å². The van der Waals surface area contributed by atoms with Gasteiger partial charge in [-0.3, -0.25) is 0 Å². The maximum absolute atomic E-state index is 11.6. The molecule has 2 amide bonds. The largest absolute Gasteiger partial charge is 0.396 e. The van der Waals surface area contributed by atoms with Crippen LogP contribution in [-0.4, -0.2) is 28.8 Å². The number of hydrogen-bond donors (Lipinski definition) is 3. The smallest absolute Gasteiger partial charge is 0.315 e. The Hall–Kier alpha value is -1.33. The van der Waals surface area contributed by atoms with Gasteiger partial charge in [-0.15, -0.1) is 0 Å². The minimum Gasteiger partial charge on any atom is -0.396 e. The van der Waals surface area contributed by atoms with Gasteiger partial charge in [-0.1, -0.05) is 24.6 Å². The van der Waals surface area contributed by atoms with E-state index in [4.69, 9.17) is 16.7 Å². The number of urea groups is 1. The van der Waals surface area contributed by atoms with Gasteiger partial charge in [0, 0.05) is 25.4 Å². The summed E-state index contributed by atoms with van der Waals surface area (Å²) in [5, 5.41) is 14.9. The summed E-state index contributed by atoms with van der Waals surface area (Å²) in [4.78, 5) is 15.5. The molecular formula is C12H18ClN3O2. The molecule has 1 aromatic rings. The summed E-state index contributed by atoms with van der Waals surface area (Å²) in [6, 6.07) is 3.12. The van der Waals surface area contributed by atoms with Crippen molar-refractivity contribution in [3.63, 3.8) is 0 Å². The Morgan fingerprint density at radius 1 is 1.50 bits per heavy atom. The predicted octanol–water partition coefficient (Wildman–Crippen LogP) is 1.55. The van der Waals surface area contributed by atoms with E-state index < -0.39 is 0 Å². The number of pyridine rings is 1. The minimum absolute atomic E-state index is 0.0212. The molecule has 0 fully saturated rings. The summed E-state index contributed by atoms with van der Waals surface area (Å²) in [6.07, 6.45) is 1.61. The molecule has 2 unspecified atom stereocenters. The van der Waals surface area contributed by atoms with Crippen molar-refractivity contribution in [2.24, 2.45) is 5.92 Å². The van der Waals surface area contributed by atoms with Crippen LogP contribution >= 0.6 is 11.6 Å². The number of carbonyl (C=O) groups excluding carboxylic acids is 1. The van der Waals surface area contributed by atoms with E-state index in [0.29, 0.717) is 11.7 Å². The van der Waals surface area contributed by atoms with Gasteiger partial charge in [0.25, 0.3) is 0 Å². The van der Waals surface area contributed by atoms with Crippen LogP contribution in [0.1, 0.15) is 19.4 Å². The molecular weight excluding hydrogens is 254 g/mol. The van der Waals surface area contributed by atoms with Crippen molar-refractivity contribution < 1.29 is 9.90 Å². The van der Waals surface area contributed by atoms with E-state index >= 15 is 0 Å². The molecule has 5 nitrogen and oxygen atoms in total. The highest BCUT2D eigenvalue weighted by Gasteiger charge is 2.13. The first kappa shape index (κ1) is 14.7. The molecule has 1 aromatic heterocycles. The molecule has 0 saturated heterocycles. The van der Waals surface area contributed by atoms with E-state index in [0.717, 1.165) is 5.56 Å². The highest BCUT2D eigenvalue weighted by atomic mass is 35.5. The second-order valence-corrected chi connectivity index (χ2v) is 4.65. The molecule has 18 heavy (non-hydrogen) atoms. The quantitative estimate of drug-likeness (QED) is 0.712. The molecule has 0 bridgehead atoms.